The molecule has 4 N–H and O–H groups in total. The number of pyridine rings is 1. The lowest BCUT2D eigenvalue weighted by molar-refractivity contribution is 1.18. The molecule has 14 heavy (non-hydrogen) atoms. The van der Waals surface area contributed by atoms with Crippen LogP contribution in [0.3, 0.4) is 0 Å². The van der Waals surface area contributed by atoms with Crippen molar-refractivity contribution in [2.75, 3.05) is 11.5 Å². The molecule has 0 spiro atoms. The van der Waals surface area contributed by atoms with Gasteiger partial charge in [0, 0.05) is 23.5 Å². The van der Waals surface area contributed by atoms with Crippen LogP contribution in [0.25, 0.3) is 11.1 Å². The van der Waals surface area contributed by atoms with E-state index >= 15 is 0 Å². The smallest absolute Gasteiger partial charge is 0.219 e. The van der Waals surface area contributed by atoms with Crippen LogP contribution in [0.15, 0.2) is 24.5 Å². The van der Waals surface area contributed by atoms with Crippen LogP contribution in [0.4, 0.5) is 11.8 Å². The fourth-order valence-electron chi connectivity index (χ4n) is 1.09. The molecule has 0 bridgehead atoms. The third-order valence-corrected chi connectivity index (χ3v) is 1.77. The van der Waals surface area contributed by atoms with Gasteiger partial charge in [0.2, 0.25) is 5.95 Å². The van der Waals surface area contributed by atoms with Crippen LogP contribution < -0.4 is 11.5 Å². The molecule has 0 amide bonds. The van der Waals surface area contributed by atoms with Gasteiger partial charge in [-0.05, 0) is 12.1 Å². The molecule has 2 aromatic heterocycles. The molecule has 0 atom stereocenters. The molecule has 69 valence electrons. The normalized spacial score (nSPS) is 10.0. The molecule has 5 nitrogen and oxygen atoms in total. The van der Waals surface area contributed by atoms with Crippen molar-refractivity contribution in [3.63, 3.8) is 0 Å². The SMILES string of the molecule is Nc1ncc(-c2cc[c]nc2N)cn1. The first kappa shape index (κ1) is 8.43. The Morgan fingerprint density at radius 2 is 1.86 bits per heavy atom. The lowest BCUT2D eigenvalue weighted by Gasteiger charge is -2.02. The minimum absolute atomic E-state index is 0.239. The van der Waals surface area contributed by atoms with E-state index in [1.807, 2.05) is 0 Å². The molecule has 0 fully saturated rings. The van der Waals surface area contributed by atoms with Gasteiger partial charge in [0.1, 0.15) is 5.82 Å². The van der Waals surface area contributed by atoms with E-state index in [2.05, 4.69) is 21.1 Å². The second-order valence-electron chi connectivity index (χ2n) is 2.70. The van der Waals surface area contributed by atoms with Crippen molar-refractivity contribution in [1.82, 2.24) is 15.0 Å². The van der Waals surface area contributed by atoms with Gasteiger partial charge >= 0.3 is 0 Å². The van der Waals surface area contributed by atoms with Gasteiger partial charge in [0.15, 0.2) is 0 Å². The summed E-state index contributed by atoms with van der Waals surface area (Å²) in [6.45, 7) is 0. The van der Waals surface area contributed by atoms with Gasteiger partial charge in [-0.25, -0.2) is 15.0 Å². The van der Waals surface area contributed by atoms with Crippen molar-refractivity contribution in [1.29, 1.82) is 0 Å². The fraction of sp³-hybridized carbons (Fsp3) is 0. The topological polar surface area (TPSA) is 90.7 Å². The molecule has 1 radical (unpaired) electrons. The Balaban J connectivity index is 2.50. The van der Waals surface area contributed by atoms with Crippen LogP contribution in [-0.2, 0) is 0 Å². The zero-order valence-corrected chi connectivity index (χ0v) is 7.31. The van der Waals surface area contributed by atoms with E-state index in [1.165, 1.54) is 0 Å². The van der Waals surface area contributed by atoms with Gasteiger partial charge in [0.25, 0.3) is 0 Å². The van der Waals surface area contributed by atoms with Gasteiger partial charge in [-0.1, -0.05) is 0 Å². The first-order chi connectivity index (χ1) is 6.77. The van der Waals surface area contributed by atoms with Crippen molar-refractivity contribution >= 4 is 11.8 Å². The molecular weight excluding hydrogens is 178 g/mol. The summed E-state index contributed by atoms with van der Waals surface area (Å²) < 4.78 is 0. The molecule has 0 aliphatic carbocycles. The third-order valence-electron chi connectivity index (χ3n) is 1.77. The Hall–Kier alpha value is -2.17. The van der Waals surface area contributed by atoms with Gasteiger partial charge in [-0.15, -0.1) is 0 Å². The Labute approximate surface area is 80.8 Å². The molecule has 0 saturated heterocycles. The summed E-state index contributed by atoms with van der Waals surface area (Å²) in [7, 11) is 0. The number of hydrogen-bond donors (Lipinski definition) is 2. The minimum Gasteiger partial charge on any atom is -0.383 e. The second-order valence-corrected chi connectivity index (χ2v) is 2.70. The van der Waals surface area contributed by atoms with Gasteiger partial charge in [-0.3, -0.25) is 0 Å². The van der Waals surface area contributed by atoms with Crippen LogP contribution >= 0.6 is 0 Å². The number of nitrogens with zero attached hydrogens (tertiary/aromatic N) is 3. The number of aromatic nitrogens is 3. The predicted molar refractivity (Wildman–Crippen MR) is 52.9 cm³/mol. The zero-order valence-electron chi connectivity index (χ0n) is 7.31. The maximum Gasteiger partial charge on any atom is 0.219 e. The van der Waals surface area contributed by atoms with Crippen molar-refractivity contribution < 1.29 is 0 Å². The Bertz CT molecular complexity index is 437. The summed E-state index contributed by atoms with van der Waals surface area (Å²) in [4.78, 5) is 11.6. The van der Waals surface area contributed by atoms with Crippen molar-refractivity contribution in [2.24, 2.45) is 0 Å². The maximum absolute atomic E-state index is 5.66. The highest BCUT2D eigenvalue weighted by Gasteiger charge is 2.03. The van der Waals surface area contributed by atoms with Crippen molar-refractivity contribution in [3.8, 4) is 11.1 Å². The van der Waals surface area contributed by atoms with Gasteiger partial charge < -0.3 is 11.5 Å². The molecule has 0 aliphatic rings. The molecule has 0 unspecified atom stereocenters. The first-order valence-electron chi connectivity index (χ1n) is 3.98. The molecule has 0 aromatic carbocycles. The Morgan fingerprint density at radius 1 is 1.14 bits per heavy atom. The van der Waals surface area contributed by atoms with E-state index in [4.69, 9.17) is 11.5 Å². The molecule has 2 heterocycles. The summed E-state index contributed by atoms with van der Waals surface area (Å²) in [6, 6.07) is 3.49. The monoisotopic (exact) mass is 186 g/mol. The largest absolute Gasteiger partial charge is 0.383 e. The number of hydrogen-bond acceptors (Lipinski definition) is 5. The summed E-state index contributed by atoms with van der Waals surface area (Å²) in [5, 5.41) is 0. The molecule has 2 rings (SSSR count). The van der Waals surface area contributed by atoms with E-state index in [0.717, 1.165) is 11.1 Å². The van der Waals surface area contributed by atoms with Crippen LogP contribution in [0.1, 0.15) is 0 Å². The highest BCUT2D eigenvalue weighted by molar-refractivity contribution is 5.72. The van der Waals surface area contributed by atoms with E-state index < -0.39 is 0 Å². The minimum atomic E-state index is 0.239. The lowest BCUT2D eigenvalue weighted by atomic mass is 10.1. The third kappa shape index (κ3) is 1.47. The molecule has 2 aromatic rings. The fourth-order valence-corrected chi connectivity index (χ4v) is 1.09. The predicted octanol–water partition coefficient (Wildman–Crippen LogP) is 0.503. The lowest BCUT2D eigenvalue weighted by Crippen LogP contribution is -1.96. The second kappa shape index (κ2) is 3.29. The highest BCUT2D eigenvalue weighted by Crippen LogP contribution is 2.21. The molecule has 0 aliphatic heterocycles. The summed E-state index contributed by atoms with van der Waals surface area (Å²) in [5.41, 5.74) is 12.6. The zero-order chi connectivity index (χ0) is 9.97. The number of nitrogens with two attached hydrogens (primary N) is 2. The summed E-state index contributed by atoms with van der Waals surface area (Å²) >= 11 is 0. The number of anilines is 2. The quantitative estimate of drug-likeness (QED) is 0.676. The Morgan fingerprint density at radius 3 is 2.50 bits per heavy atom. The standard InChI is InChI=1S/C9H8N5/c10-8-7(2-1-3-12-8)6-4-13-9(11)14-5-6/h1-2,4-5H,(H2,10,12)(H2,11,13,14). The van der Waals surface area contributed by atoms with Gasteiger partial charge in [-0.2, -0.15) is 0 Å². The van der Waals surface area contributed by atoms with Crippen LogP contribution in [-0.4, -0.2) is 15.0 Å². The van der Waals surface area contributed by atoms with E-state index in [0.29, 0.717) is 5.82 Å². The molecular formula is C9H8N5. The van der Waals surface area contributed by atoms with Crippen molar-refractivity contribution in [3.05, 3.63) is 30.7 Å². The number of rotatable bonds is 1. The first-order valence-corrected chi connectivity index (χ1v) is 3.98. The van der Waals surface area contributed by atoms with Crippen LogP contribution in [0.5, 0.6) is 0 Å². The van der Waals surface area contributed by atoms with E-state index in [1.54, 1.807) is 24.5 Å². The summed E-state index contributed by atoms with van der Waals surface area (Å²) in [6.07, 6.45) is 5.86. The van der Waals surface area contributed by atoms with E-state index in [-0.39, 0.29) is 5.95 Å². The maximum atomic E-state index is 5.66. The van der Waals surface area contributed by atoms with Gasteiger partial charge in [0.05, 0.1) is 6.20 Å². The van der Waals surface area contributed by atoms with Crippen molar-refractivity contribution in [2.45, 2.75) is 0 Å². The highest BCUT2D eigenvalue weighted by atomic mass is 15.0. The molecule has 0 saturated carbocycles. The average Bonchev–Trinajstić information content (AvgIpc) is 2.20. The average molecular weight is 186 g/mol. The van der Waals surface area contributed by atoms with Crippen LogP contribution in [0, 0.1) is 6.20 Å². The molecule has 5 heteroatoms. The van der Waals surface area contributed by atoms with Crippen LogP contribution in [0.2, 0.25) is 0 Å². The van der Waals surface area contributed by atoms with E-state index in [9.17, 15) is 0 Å². The summed E-state index contributed by atoms with van der Waals surface area (Å²) in [5.74, 6) is 0.642. The Kier molecular flexibility index (Phi) is 1.98. The number of nitrogen functional groups attached to an aromatic ring is 2.